The van der Waals surface area contributed by atoms with Crippen molar-refractivity contribution in [3.05, 3.63) is 50.2 Å². The molecule has 0 bridgehead atoms. The number of carbonyl (C=O) groups excluding carboxylic acids is 1. The van der Waals surface area contributed by atoms with E-state index >= 15 is 0 Å². The van der Waals surface area contributed by atoms with Gasteiger partial charge < -0.3 is 5.32 Å². The van der Waals surface area contributed by atoms with Gasteiger partial charge in [-0.05, 0) is 12.1 Å². The molecule has 4 heterocycles. The van der Waals surface area contributed by atoms with Crippen LogP contribution in [0.25, 0.3) is 15.7 Å². The second-order valence-corrected chi connectivity index (χ2v) is 8.53. The molecule has 0 radical (unpaired) electrons. The predicted octanol–water partition coefficient (Wildman–Crippen LogP) is 3.57. The summed E-state index contributed by atoms with van der Waals surface area (Å²) in [5.74, 6) is 0.387. The van der Waals surface area contributed by atoms with Gasteiger partial charge in [-0.15, -0.1) is 11.3 Å². The molecule has 0 spiro atoms. The van der Waals surface area contributed by atoms with E-state index in [2.05, 4.69) is 20.4 Å². The van der Waals surface area contributed by atoms with Gasteiger partial charge >= 0.3 is 0 Å². The topological polar surface area (TPSA) is 94.2 Å². The molecular formula is C17H14Cl2N6O2S. The van der Waals surface area contributed by atoms with Crippen molar-refractivity contribution in [1.82, 2.24) is 24.1 Å². The third-order valence-corrected chi connectivity index (χ3v) is 5.58. The van der Waals surface area contributed by atoms with E-state index in [-0.39, 0.29) is 28.9 Å². The maximum atomic E-state index is 12.9. The largest absolute Gasteiger partial charge is 0.308 e. The van der Waals surface area contributed by atoms with Crippen LogP contribution in [0.2, 0.25) is 9.36 Å². The van der Waals surface area contributed by atoms with E-state index in [9.17, 15) is 9.59 Å². The molecule has 0 atom stereocenters. The van der Waals surface area contributed by atoms with E-state index in [1.54, 1.807) is 10.5 Å². The van der Waals surface area contributed by atoms with Crippen molar-refractivity contribution in [1.29, 1.82) is 0 Å². The molecule has 1 amide bonds. The number of nitrogens with zero attached hydrogens (tertiary/aromatic N) is 5. The second-order valence-electron chi connectivity index (χ2n) is 6.41. The number of thiophene rings is 1. The normalized spacial score (nSPS) is 11.6. The number of carbonyl (C=O) groups is 1. The van der Waals surface area contributed by atoms with E-state index in [1.807, 2.05) is 19.9 Å². The highest BCUT2D eigenvalue weighted by Crippen LogP contribution is 2.32. The number of fused-ring (bicyclic) bond motifs is 3. The second kappa shape index (κ2) is 7.16. The van der Waals surface area contributed by atoms with Crippen molar-refractivity contribution in [3.8, 4) is 0 Å². The SMILES string of the molecule is CC(C)c1nn(CC(=O)Nc2ncncc2Cl)c(=O)c2cc3sc(Cl)cc3n12. The monoisotopic (exact) mass is 436 g/mol. The minimum absolute atomic E-state index is 0.0167. The molecule has 0 aliphatic carbocycles. The molecule has 4 rings (SSSR count). The summed E-state index contributed by atoms with van der Waals surface area (Å²) < 4.78 is 4.49. The first-order valence-electron chi connectivity index (χ1n) is 8.32. The average molecular weight is 437 g/mol. The van der Waals surface area contributed by atoms with Crippen LogP contribution in [0.1, 0.15) is 25.6 Å². The third-order valence-electron chi connectivity index (χ3n) is 4.10. The quantitative estimate of drug-likeness (QED) is 0.527. The first-order chi connectivity index (χ1) is 13.3. The van der Waals surface area contributed by atoms with Crippen LogP contribution < -0.4 is 10.9 Å². The summed E-state index contributed by atoms with van der Waals surface area (Å²) in [6.07, 6.45) is 2.64. The van der Waals surface area contributed by atoms with Crippen LogP contribution in [0, 0.1) is 0 Å². The van der Waals surface area contributed by atoms with Gasteiger partial charge in [-0.2, -0.15) is 5.10 Å². The Hall–Kier alpha value is -2.49. The molecule has 8 nitrogen and oxygen atoms in total. The molecule has 11 heteroatoms. The maximum absolute atomic E-state index is 12.9. The lowest BCUT2D eigenvalue weighted by Crippen LogP contribution is -2.32. The Labute approximate surface area is 172 Å². The van der Waals surface area contributed by atoms with E-state index < -0.39 is 5.91 Å². The van der Waals surface area contributed by atoms with Gasteiger partial charge in [-0.25, -0.2) is 14.6 Å². The average Bonchev–Trinajstić information content (AvgIpc) is 3.15. The minimum atomic E-state index is -0.467. The zero-order valence-corrected chi connectivity index (χ0v) is 17.1. The van der Waals surface area contributed by atoms with Crippen molar-refractivity contribution < 1.29 is 4.79 Å². The molecule has 0 unspecified atom stereocenters. The Kier molecular flexibility index (Phi) is 4.82. The Morgan fingerprint density at radius 2 is 2.07 bits per heavy atom. The molecule has 1 N–H and O–H groups in total. The Morgan fingerprint density at radius 3 is 2.79 bits per heavy atom. The summed E-state index contributed by atoms with van der Waals surface area (Å²) >= 11 is 13.5. The van der Waals surface area contributed by atoms with Gasteiger partial charge in [0.15, 0.2) is 5.82 Å². The van der Waals surface area contributed by atoms with Gasteiger partial charge in [-0.3, -0.25) is 14.0 Å². The standard InChI is InChI=1S/C17H14Cl2N6O2S/c1-8(2)16-23-24(6-14(26)22-15-9(18)5-20-7-21-15)17(27)11-3-12-10(25(11)16)4-13(19)28-12/h3-5,7-8H,6H2,1-2H3,(H,20,21,22,26). The summed E-state index contributed by atoms with van der Waals surface area (Å²) in [5.41, 5.74) is 0.917. The van der Waals surface area contributed by atoms with Gasteiger partial charge in [0.05, 0.1) is 20.7 Å². The van der Waals surface area contributed by atoms with Gasteiger partial charge in [0, 0.05) is 5.92 Å². The number of aromatic nitrogens is 5. The molecule has 0 saturated heterocycles. The molecule has 144 valence electrons. The van der Waals surface area contributed by atoms with Crippen LogP contribution in [0.3, 0.4) is 0 Å². The van der Waals surface area contributed by atoms with Crippen LogP contribution in [0.4, 0.5) is 5.82 Å². The fourth-order valence-corrected chi connectivity index (χ4v) is 4.22. The van der Waals surface area contributed by atoms with Gasteiger partial charge in [0.2, 0.25) is 5.91 Å². The van der Waals surface area contributed by atoms with E-state index in [4.69, 9.17) is 23.2 Å². The van der Waals surface area contributed by atoms with E-state index in [1.165, 1.54) is 23.9 Å². The summed E-state index contributed by atoms with van der Waals surface area (Å²) in [4.78, 5) is 33.0. The Morgan fingerprint density at radius 1 is 1.29 bits per heavy atom. The van der Waals surface area contributed by atoms with Crippen LogP contribution in [-0.4, -0.2) is 30.1 Å². The number of hydrogen-bond donors (Lipinski definition) is 1. The van der Waals surface area contributed by atoms with Gasteiger partial charge in [0.1, 0.15) is 29.2 Å². The lowest BCUT2D eigenvalue weighted by molar-refractivity contribution is -0.117. The highest BCUT2D eigenvalue weighted by molar-refractivity contribution is 7.22. The minimum Gasteiger partial charge on any atom is -0.308 e. The van der Waals surface area contributed by atoms with Crippen molar-refractivity contribution in [3.63, 3.8) is 0 Å². The first-order valence-corrected chi connectivity index (χ1v) is 9.89. The van der Waals surface area contributed by atoms with Crippen LogP contribution in [0.5, 0.6) is 0 Å². The maximum Gasteiger partial charge on any atom is 0.291 e. The van der Waals surface area contributed by atoms with Crippen molar-refractivity contribution in [2.24, 2.45) is 0 Å². The van der Waals surface area contributed by atoms with E-state index in [0.29, 0.717) is 15.7 Å². The van der Waals surface area contributed by atoms with E-state index in [0.717, 1.165) is 14.9 Å². The fraction of sp³-hybridized carbons (Fsp3) is 0.235. The Bertz CT molecular complexity index is 1280. The van der Waals surface area contributed by atoms with Crippen LogP contribution in [0.15, 0.2) is 29.5 Å². The number of nitrogens with one attached hydrogen (secondary N) is 1. The van der Waals surface area contributed by atoms with Crippen LogP contribution >= 0.6 is 34.5 Å². The highest BCUT2D eigenvalue weighted by atomic mass is 35.5. The number of amides is 1. The van der Waals surface area contributed by atoms with Crippen molar-refractivity contribution >= 4 is 62.0 Å². The summed E-state index contributed by atoms with van der Waals surface area (Å²) in [6.45, 7) is 3.67. The summed E-state index contributed by atoms with van der Waals surface area (Å²) in [7, 11) is 0. The lowest BCUT2D eigenvalue weighted by atomic mass is 10.2. The smallest absolute Gasteiger partial charge is 0.291 e. The predicted molar refractivity (Wildman–Crippen MR) is 110 cm³/mol. The zero-order chi connectivity index (χ0) is 20.0. The fourth-order valence-electron chi connectivity index (χ4n) is 2.91. The number of rotatable bonds is 4. The van der Waals surface area contributed by atoms with Crippen molar-refractivity contribution in [2.75, 3.05) is 5.32 Å². The lowest BCUT2D eigenvalue weighted by Gasteiger charge is -2.13. The zero-order valence-electron chi connectivity index (χ0n) is 14.8. The molecule has 4 aromatic heterocycles. The van der Waals surface area contributed by atoms with Crippen LogP contribution in [-0.2, 0) is 11.3 Å². The summed E-state index contributed by atoms with van der Waals surface area (Å²) in [6, 6.07) is 3.59. The Balaban J connectivity index is 1.77. The highest BCUT2D eigenvalue weighted by Gasteiger charge is 2.19. The third kappa shape index (κ3) is 3.25. The molecular weight excluding hydrogens is 423 g/mol. The number of hydrogen-bond acceptors (Lipinski definition) is 6. The molecule has 0 aliphatic rings. The molecule has 0 aromatic carbocycles. The molecule has 28 heavy (non-hydrogen) atoms. The molecule has 0 fully saturated rings. The van der Waals surface area contributed by atoms with Gasteiger partial charge in [0.25, 0.3) is 5.56 Å². The van der Waals surface area contributed by atoms with Crippen molar-refractivity contribution in [2.45, 2.75) is 26.3 Å². The summed E-state index contributed by atoms with van der Waals surface area (Å²) in [5, 5.41) is 7.21. The number of halogens is 2. The molecule has 0 aliphatic heterocycles. The molecule has 4 aromatic rings. The van der Waals surface area contributed by atoms with Gasteiger partial charge in [-0.1, -0.05) is 37.0 Å². The first kappa shape index (κ1) is 18.9. The number of anilines is 1. The molecule has 0 saturated carbocycles.